The molecule has 0 bridgehead atoms. The highest BCUT2D eigenvalue weighted by atomic mass is 32.1. The average Bonchev–Trinajstić information content (AvgIpc) is 2.71. The Morgan fingerprint density at radius 3 is 2.65 bits per heavy atom. The minimum atomic E-state index is -0.151. The lowest BCUT2D eigenvalue weighted by atomic mass is 10.00. The van der Waals surface area contributed by atoms with E-state index >= 15 is 0 Å². The van der Waals surface area contributed by atoms with E-state index in [9.17, 15) is 4.91 Å². The van der Waals surface area contributed by atoms with Crippen molar-refractivity contribution in [2.45, 2.75) is 13.0 Å². The minimum Gasteiger partial charge on any atom is -0.348 e. The predicted octanol–water partition coefficient (Wildman–Crippen LogP) is 3.64. The van der Waals surface area contributed by atoms with Crippen molar-refractivity contribution in [2.24, 2.45) is 4.99 Å². The van der Waals surface area contributed by atoms with Crippen molar-refractivity contribution < 1.29 is 9.76 Å². The molecule has 5 nitrogen and oxygen atoms in total. The molecule has 3 rings (SSSR count). The molecule has 0 spiro atoms. The minimum absolute atomic E-state index is 0.151. The number of aliphatic imine (C=N–C) groups is 1. The van der Waals surface area contributed by atoms with E-state index in [1.807, 2.05) is 43.3 Å². The predicted molar refractivity (Wildman–Crippen MR) is 94.5 cm³/mol. The number of nitrogens with one attached hydrogen (secondary N) is 1. The van der Waals surface area contributed by atoms with Gasteiger partial charge in [-0.25, -0.2) is 4.84 Å². The monoisotopic (exact) mass is 326 g/mol. The van der Waals surface area contributed by atoms with Gasteiger partial charge in [-0.05, 0) is 13.0 Å². The van der Waals surface area contributed by atoms with Gasteiger partial charge in [-0.3, -0.25) is 4.99 Å². The largest absolute Gasteiger partial charge is 0.348 e. The summed E-state index contributed by atoms with van der Waals surface area (Å²) in [4.78, 5) is 22.4. The first-order chi connectivity index (χ1) is 11.1. The van der Waals surface area contributed by atoms with Crippen LogP contribution in [0.5, 0.6) is 0 Å². The van der Waals surface area contributed by atoms with Gasteiger partial charge in [0, 0.05) is 28.9 Å². The van der Waals surface area contributed by atoms with Gasteiger partial charge in [0.25, 0.3) is 4.92 Å². The molecule has 0 radical (unpaired) electrons. The SMILES string of the molecule is CO[N+](=O)c1ccc2c(c1)C(c1ccccc1)=NC(C)C(=S)N2. The van der Waals surface area contributed by atoms with Crippen LogP contribution in [0.25, 0.3) is 0 Å². The molecule has 0 saturated heterocycles. The number of benzene rings is 2. The molecule has 1 aliphatic rings. The summed E-state index contributed by atoms with van der Waals surface area (Å²) in [6, 6.07) is 14.9. The fraction of sp³-hybridized carbons (Fsp3) is 0.176. The molecular weight excluding hydrogens is 310 g/mol. The second kappa shape index (κ2) is 6.26. The zero-order chi connectivity index (χ0) is 16.4. The summed E-state index contributed by atoms with van der Waals surface area (Å²) < 4.78 is 0. The maximum absolute atomic E-state index is 11.8. The van der Waals surface area contributed by atoms with Gasteiger partial charge < -0.3 is 5.32 Å². The third-order valence-electron chi connectivity index (χ3n) is 3.64. The van der Waals surface area contributed by atoms with Crippen molar-refractivity contribution in [1.29, 1.82) is 0 Å². The van der Waals surface area contributed by atoms with Crippen LogP contribution in [0.3, 0.4) is 0 Å². The zero-order valence-electron chi connectivity index (χ0n) is 12.8. The van der Waals surface area contributed by atoms with Crippen molar-refractivity contribution >= 4 is 34.3 Å². The van der Waals surface area contributed by atoms with Crippen LogP contribution in [-0.2, 0) is 4.84 Å². The lowest BCUT2D eigenvalue weighted by Crippen LogP contribution is -2.20. The van der Waals surface area contributed by atoms with Gasteiger partial charge in [0.05, 0.1) is 16.7 Å². The summed E-state index contributed by atoms with van der Waals surface area (Å²) in [6.45, 7) is 1.94. The molecule has 1 unspecified atom stereocenters. The second-order valence-corrected chi connectivity index (χ2v) is 5.62. The van der Waals surface area contributed by atoms with E-state index in [0.29, 0.717) is 15.6 Å². The number of hydrogen-bond donors (Lipinski definition) is 1. The summed E-state index contributed by atoms with van der Waals surface area (Å²) in [7, 11) is 1.33. The number of rotatable bonds is 3. The first kappa shape index (κ1) is 15.3. The second-order valence-electron chi connectivity index (χ2n) is 5.18. The van der Waals surface area contributed by atoms with Gasteiger partial charge in [0.15, 0.2) is 7.11 Å². The molecule has 2 aromatic rings. The first-order valence-electron chi connectivity index (χ1n) is 7.20. The molecule has 23 heavy (non-hydrogen) atoms. The van der Waals surface area contributed by atoms with E-state index in [1.54, 1.807) is 12.1 Å². The summed E-state index contributed by atoms with van der Waals surface area (Å²) in [6.07, 6.45) is 0. The fourth-order valence-corrected chi connectivity index (χ4v) is 2.60. The lowest BCUT2D eigenvalue weighted by molar-refractivity contribution is -0.736. The maximum Gasteiger partial charge on any atom is 0.317 e. The number of benzodiazepines with no additional fused rings is 1. The molecule has 0 fully saturated rings. The number of anilines is 1. The van der Waals surface area contributed by atoms with Gasteiger partial charge in [0.1, 0.15) is 4.99 Å². The van der Waals surface area contributed by atoms with Gasteiger partial charge >= 0.3 is 5.69 Å². The molecule has 116 valence electrons. The fourth-order valence-electron chi connectivity index (χ4n) is 2.44. The first-order valence-corrected chi connectivity index (χ1v) is 7.61. The van der Waals surface area contributed by atoms with E-state index in [1.165, 1.54) is 7.11 Å². The molecule has 0 aromatic heterocycles. The van der Waals surface area contributed by atoms with Crippen LogP contribution in [0, 0.1) is 4.91 Å². The van der Waals surface area contributed by atoms with E-state index in [2.05, 4.69) is 5.32 Å². The number of hydrogen-bond acceptors (Lipinski definition) is 4. The van der Waals surface area contributed by atoms with Gasteiger partial charge in [-0.2, -0.15) is 0 Å². The molecule has 6 heteroatoms. The van der Waals surface area contributed by atoms with E-state index in [4.69, 9.17) is 22.0 Å². The smallest absolute Gasteiger partial charge is 0.317 e. The van der Waals surface area contributed by atoms with Crippen molar-refractivity contribution in [3.63, 3.8) is 0 Å². The quantitative estimate of drug-likeness (QED) is 0.691. The standard InChI is InChI=1S/C17H15N3O2S/c1-11-17(23)19-15-9-8-13(20(21)22-2)10-14(15)16(18-11)12-6-4-3-5-7-12/h3-11H,1-2H3/p+1. The number of nitrogens with zero attached hydrogens (tertiary/aromatic N) is 2. The van der Waals surface area contributed by atoms with Crippen LogP contribution >= 0.6 is 12.2 Å². The van der Waals surface area contributed by atoms with Crippen LogP contribution < -0.4 is 5.32 Å². The summed E-state index contributed by atoms with van der Waals surface area (Å²) in [5, 5.41) is 3.21. The topological polar surface area (TPSA) is 53.7 Å². The van der Waals surface area contributed by atoms with E-state index in [-0.39, 0.29) is 6.04 Å². The Labute approximate surface area is 139 Å². The highest BCUT2D eigenvalue weighted by molar-refractivity contribution is 7.80. The maximum atomic E-state index is 11.8. The number of fused-ring (bicyclic) bond motifs is 1. The Hall–Kier alpha value is -2.60. The van der Waals surface area contributed by atoms with E-state index in [0.717, 1.165) is 22.5 Å². The van der Waals surface area contributed by atoms with Crippen molar-refractivity contribution in [1.82, 2.24) is 0 Å². The van der Waals surface area contributed by atoms with Crippen LogP contribution in [0.15, 0.2) is 53.5 Å². The molecule has 1 heterocycles. The molecule has 2 aromatic carbocycles. The third kappa shape index (κ3) is 2.98. The summed E-state index contributed by atoms with van der Waals surface area (Å²) in [5.41, 5.74) is 3.82. The molecule has 1 aliphatic heterocycles. The van der Waals surface area contributed by atoms with Crippen LogP contribution in [0.1, 0.15) is 18.1 Å². The highest BCUT2D eigenvalue weighted by Crippen LogP contribution is 2.28. The molecule has 0 saturated carbocycles. The molecule has 0 amide bonds. The average molecular weight is 326 g/mol. The molecule has 1 N–H and O–H groups in total. The zero-order valence-corrected chi connectivity index (χ0v) is 13.6. The van der Waals surface area contributed by atoms with Crippen molar-refractivity contribution in [3.05, 3.63) is 64.6 Å². The van der Waals surface area contributed by atoms with Crippen molar-refractivity contribution in [2.75, 3.05) is 12.4 Å². The van der Waals surface area contributed by atoms with Gasteiger partial charge in [-0.15, -0.1) is 0 Å². The Kier molecular flexibility index (Phi) is 4.16. The van der Waals surface area contributed by atoms with Crippen molar-refractivity contribution in [3.8, 4) is 0 Å². The Morgan fingerprint density at radius 1 is 1.22 bits per heavy atom. The van der Waals surface area contributed by atoms with Gasteiger partial charge in [0.2, 0.25) is 0 Å². The normalized spacial score (nSPS) is 16.7. The van der Waals surface area contributed by atoms with Crippen LogP contribution in [-0.4, -0.2) is 28.8 Å². The molecular formula is C17H16N3O2S+. The van der Waals surface area contributed by atoms with Crippen LogP contribution in [0.4, 0.5) is 11.4 Å². The third-order valence-corrected chi connectivity index (χ3v) is 4.09. The molecule has 1 atom stereocenters. The number of thiocarbonyl (C=S) groups is 1. The Balaban J connectivity index is 2.20. The Bertz CT molecular complexity index is 803. The summed E-state index contributed by atoms with van der Waals surface area (Å²) >= 11 is 5.39. The van der Waals surface area contributed by atoms with E-state index < -0.39 is 0 Å². The summed E-state index contributed by atoms with van der Waals surface area (Å²) in [5.74, 6) is 0. The van der Waals surface area contributed by atoms with Gasteiger partial charge in [-0.1, -0.05) is 42.5 Å². The molecule has 0 aliphatic carbocycles. The Morgan fingerprint density at radius 2 is 1.96 bits per heavy atom. The highest BCUT2D eigenvalue weighted by Gasteiger charge is 2.24. The lowest BCUT2D eigenvalue weighted by Gasteiger charge is -2.09. The van der Waals surface area contributed by atoms with Crippen LogP contribution in [0.2, 0.25) is 0 Å².